The normalized spacial score (nSPS) is 21.3. The highest BCUT2D eigenvalue weighted by atomic mass is 16.5. The molecule has 116 valence electrons. The van der Waals surface area contributed by atoms with Crippen LogP contribution in [0.2, 0.25) is 0 Å². The van der Waals surface area contributed by atoms with Crippen molar-refractivity contribution in [2.24, 2.45) is 0 Å². The van der Waals surface area contributed by atoms with Crippen molar-refractivity contribution >= 4 is 0 Å². The highest BCUT2D eigenvalue weighted by molar-refractivity contribution is 5.45. The van der Waals surface area contributed by atoms with Gasteiger partial charge in [0.1, 0.15) is 0 Å². The lowest BCUT2D eigenvalue weighted by molar-refractivity contribution is 0.0850. The Morgan fingerprint density at radius 2 is 1.86 bits per heavy atom. The fourth-order valence-corrected chi connectivity index (χ4v) is 3.68. The first-order valence-electron chi connectivity index (χ1n) is 8.37. The van der Waals surface area contributed by atoms with Gasteiger partial charge in [0.25, 0.3) is 0 Å². The molecule has 0 spiro atoms. The van der Waals surface area contributed by atoms with Gasteiger partial charge in [-0.1, -0.05) is 32.9 Å². The van der Waals surface area contributed by atoms with E-state index in [1.807, 2.05) is 0 Å². The molecule has 1 aromatic rings. The van der Waals surface area contributed by atoms with Crippen molar-refractivity contribution in [3.05, 3.63) is 34.4 Å². The third-order valence-electron chi connectivity index (χ3n) is 5.09. The number of rotatable bonds is 1. The van der Waals surface area contributed by atoms with Crippen LogP contribution >= 0.6 is 0 Å². The van der Waals surface area contributed by atoms with E-state index in [1.54, 1.807) is 16.7 Å². The fourth-order valence-electron chi connectivity index (χ4n) is 3.68. The Balaban J connectivity index is 2.05. The number of benzene rings is 1. The molecule has 2 aliphatic rings. The molecule has 1 saturated heterocycles. The summed E-state index contributed by atoms with van der Waals surface area (Å²) < 4.78 is 5.57. The third-order valence-corrected chi connectivity index (χ3v) is 5.09. The van der Waals surface area contributed by atoms with Crippen LogP contribution in [-0.2, 0) is 23.1 Å². The van der Waals surface area contributed by atoms with E-state index in [-0.39, 0.29) is 5.41 Å². The Morgan fingerprint density at radius 3 is 2.52 bits per heavy atom. The van der Waals surface area contributed by atoms with E-state index in [1.165, 1.54) is 31.4 Å². The number of hydrogen-bond donors (Lipinski definition) is 0. The quantitative estimate of drug-likeness (QED) is 0.777. The highest BCUT2D eigenvalue weighted by Crippen LogP contribution is 2.37. The molecule has 0 aliphatic carbocycles. The van der Waals surface area contributed by atoms with Gasteiger partial charge in [-0.25, -0.2) is 0 Å². The summed E-state index contributed by atoms with van der Waals surface area (Å²) in [5, 5.41) is 0. The number of hydrogen-bond acceptors (Lipinski definition) is 2. The van der Waals surface area contributed by atoms with E-state index >= 15 is 0 Å². The molecule has 0 saturated carbocycles. The second-order valence-electron chi connectivity index (χ2n) is 7.83. The molecule has 0 unspecified atom stereocenters. The van der Waals surface area contributed by atoms with E-state index in [9.17, 15) is 0 Å². The first-order valence-corrected chi connectivity index (χ1v) is 8.37. The summed E-state index contributed by atoms with van der Waals surface area (Å²) in [4.78, 5) is 2.45. The summed E-state index contributed by atoms with van der Waals surface area (Å²) in [5.41, 5.74) is 6.57. The fraction of sp³-hybridized carbons (Fsp3) is 0.684. The van der Waals surface area contributed by atoms with Crippen LogP contribution in [-0.4, -0.2) is 31.7 Å². The third kappa shape index (κ3) is 3.17. The van der Waals surface area contributed by atoms with Crippen LogP contribution in [0.15, 0.2) is 12.1 Å². The first kappa shape index (κ1) is 15.1. The standard InChI is InChI=1S/C19H29NO/c1-19(2,3)16-11-15-13-20(4)8-5-17(15)18(12-16)14-6-9-21-10-7-14/h11-12,14H,5-10,13H2,1-4H3. The second kappa shape index (κ2) is 5.73. The molecule has 3 rings (SSSR count). The van der Waals surface area contributed by atoms with Crippen LogP contribution in [0.4, 0.5) is 0 Å². The SMILES string of the molecule is CN1CCc2c(cc(C(C)(C)C)cc2C2CCOCC2)C1. The molecule has 2 nitrogen and oxygen atoms in total. The van der Waals surface area contributed by atoms with Gasteiger partial charge in [-0.15, -0.1) is 0 Å². The zero-order valence-electron chi connectivity index (χ0n) is 14.0. The Labute approximate surface area is 129 Å². The Hall–Kier alpha value is -0.860. The zero-order valence-corrected chi connectivity index (χ0v) is 14.0. The lowest BCUT2D eigenvalue weighted by Crippen LogP contribution is -2.29. The average Bonchev–Trinajstić information content (AvgIpc) is 2.45. The number of fused-ring (bicyclic) bond motifs is 1. The highest BCUT2D eigenvalue weighted by Gasteiger charge is 2.26. The Morgan fingerprint density at radius 1 is 1.14 bits per heavy atom. The molecule has 2 heterocycles. The summed E-state index contributed by atoms with van der Waals surface area (Å²) in [6.07, 6.45) is 3.59. The van der Waals surface area contributed by atoms with Crippen LogP contribution in [0.5, 0.6) is 0 Å². The van der Waals surface area contributed by atoms with Crippen molar-refractivity contribution < 1.29 is 4.74 Å². The summed E-state index contributed by atoms with van der Waals surface area (Å²) in [5.74, 6) is 0.707. The summed E-state index contributed by atoms with van der Waals surface area (Å²) >= 11 is 0. The molecule has 0 bridgehead atoms. The van der Waals surface area contributed by atoms with Crippen LogP contribution < -0.4 is 0 Å². The van der Waals surface area contributed by atoms with Crippen molar-refractivity contribution in [2.45, 2.75) is 57.9 Å². The molecule has 0 amide bonds. The van der Waals surface area contributed by atoms with Gasteiger partial charge < -0.3 is 9.64 Å². The molecule has 2 aliphatic heterocycles. The predicted molar refractivity (Wildman–Crippen MR) is 88.0 cm³/mol. The molecule has 0 atom stereocenters. The maximum absolute atomic E-state index is 5.57. The molecular formula is C19H29NO. The molecule has 0 aromatic heterocycles. The van der Waals surface area contributed by atoms with Gasteiger partial charge in [0, 0.05) is 26.3 Å². The van der Waals surface area contributed by atoms with Gasteiger partial charge in [0.2, 0.25) is 0 Å². The average molecular weight is 287 g/mol. The van der Waals surface area contributed by atoms with Gasteiger partial charge in [0.05, 0.1) is 0 Å². The van der Waals surface area contributed by atoms with Gasteiger partial charge in [-0.2, -0.15) is 0 Å². The smallest absolute Gasteiger partial charge is 0.0471 e. The molecule has 1 fully saturated rings. The van der Waals surface area contributed by atoms with Crippen molar-refractivity contribution in [1.82, 2.24) is 4.90 Å². The van der Waals surface area contributed by atoms with Crippen LogP contribution in [0.25, 0.3) is 0 Å². The van der Waals surface area contributed by atoms with Crippen molar-refractivity contribution in [3.63, 3.8) is 0 Å². The first-order chi connectivity index (χ1) is 9.95. The maximum atomic E-state index is 5.57. The van der Waals surface area contributed by atoms with Gasteiger partial charge in [0.15, 0.2) is 0 Å². The van der Waals surface area contributed by atoms with E-state index in [0.717, 1.165) is 19.8 Å². The van der Waals surface area contributed by atoms with Crippen molar-refractivity contribution in [3.8, 4) is 0 Å². The summed E-state index contributed by atoms with van der Waals surface area (Å²) in [6, 6.07) is 4.98. The molecule has 0 radical (unpaired) electrons. The van der Waals surface area contributed by atoms with Gasteiger partial charge >= 0.3 is 0 Å². The van der Waals surface area contributed by atoms with E-state index in [2.05, 4.69) is 44.9 Å². The molecule has 1 aromatic carbocycles. The molecule has 21 heavy (non-hydrogen) atoms. The minimum Gasteiger partial charge on any atom is -0.381 e. The van der Waals surface area contributed by atoms with Crippen molar-refractivity contribution in [2.75, 3.05) is 26.8 Å². The largest absolute Gasteiger partial charge is 0.381 e. The second-order valence-corrected chi connectivity index (χ2v) is 7.83. The maximum Gasteiger partial charge on any atom is 0.0471 e. The predicted octanol–water partition coefficient (Wildman–Crippen LogP) is 3.87. The van der Waals surface area contributed by atoms with E-state index in [4.69, 9.17) is 4.74 Å². The lowest BCUT2D eigenvalue weighted by atomic mass is 9.78. The monoisotopic (exact) mass is 287 g/mol. The van der Waals surface area contributed by atoms with Crippen LogP contribution in [0.3, 0.4) is 0 Å². The minimum atomic E-state index is 0.227. The zero-order chi connectivity index (χ0) is 15.0. The molecular weight excluding hydrogens is 258 g/mol. The van der Waals surface area contributed by atoms with E-state index < -0.39 is 0 Å². The number of nitrogens with zero attached hydrogens (tertiary/aromatic N) is 1. The van der Waals surface area contributed by atoms with Gasteiger partial charge in [-0.05, 0) is 59.9 Å². The summed E-state index contributed by atoms with van der Waals surface area (Å²) in [7, 11) is 2.24. The molecule has 0 N–H and O–H groups in total. The van der Waals surface area contributed by atoms with Crippen molar-refractivity contribution in [1.29, 1.82) is 0 Å². The topological polar surface area (TPSA) is 12.5 Å². The van der Waals surface area contributed by atoms with Gasteiger partial charge in [-0.3, -0.25) is 0 Å². The summed E-state index contributed by atoms with van der Waals surface area (Å²) in [6.45, 7) is 11.1. The number of likely N-dealkylation sites (N-methyl/N-ethyl adjacent to an activating group) is 1. The van der Waals surface area contributed by atoms with E-state index in [0.29, 0.717) is 5.92 Å². The van der Waals surface area contributed by atoms with Crippen LogP contribution in [0.1, 0.15) is 61.8 Å². The molecule has 2 heteroatoms. The minimum absolute atomic E-state index is 0.227. The Kier molecular flexibility index (Phi) is 4.11. The van der Waals surface area contributed by atoms with Crippen LogP contribution in [0, 0.1) is 0 Å². The lowest BCUT2D eigenvalue weighted by Gasteiger charge is -2.33. The Bertz CT molecular complexity index is 509. The number of ether oxygens (including phenoxy) is 1.